The second-order valence-electron chi connectivity index (χ2n) is 2.65. The van der Waals surface area contributed by atoms with E-state index in [1.54, 1.807) is 11.6 Å². The average molecular weight is 166 g/mol. The molecule has 2 aromatic rings. The third kappa shape index (κ3) is 0.845. The number of fused-ring (bicyclic) bond motifs is 1. The largest absolute Gasteiger partial charge is 0.508 e. The molecule has 0 aliphatic carbocycles. The average Bonchev–Trinajstić information content (AvgIpc) is 2.31. The SMILES string of the molecule is Cn1cnc2cc(O)cc(F)c21. The maximum atomic E-state index is 13.1. The van der Waals surface area contributed by atoms with E-state index >= 15 is 0 Å². The molecule has 0 amide bonds. The number of phenolic OH excluding ortho intramolecular Hbond substituents is 1. The minimum absolute atomic E-state index is 0.0984. The lowest BCUT2D eigenvalue weighted by Crippen LogP contribution is -1.87. The zero-order valence-electron chi connectivity index (χ0n) is 6.45. The van der Waals surface area contributed by atoms with Gasteiger partial charge >= 0.3 is 0 Å². The Morgan fingerprint density at radius 1 is 1.50 bits per heavy atom. The van der Waals surface area contributed by atoms with Gasteiger partial charge in [-0.05, 0) is 0 Å². The van der Waals surface area contributed by atoms with Crippen LogP contribution in [-0.2, 0) is 7.05 Å². The molecule has 2 rings (SSSR count). The molecular weight excluding hydrogens is 159 g/mol. The molecule has 1 aromatic carbocycles. The number of aromatic hydroxyl groups is 1. The lowest BCUT2D eigenvalue weighted by molar-refractivity contribution is 0.470. The van der Waals surface area contributed by atoms with Crippen LogP contribution in [0.5, 0.6) is 5.75 Å². The van der Waals surface area contributed by atoms with Crippen molar-refractivity contribution in [2.45, 2.75) is 0 Å². The molecule has 12 heavy (non-hydrogen) atoms. The van der Waals surface area contributed by atoms with Crippen molar-refractivity contribution >= 4 is 11.0 Å². The Labute approximate surface area is 68.1 Å². The van der Waals surface area contributed by atoms with Crippen LogP contribution in [0, 0.1) is 5.82 Å². The van der Waals surface area contributed by atoms with Crippen molar-refractivity contribution in [3.05, 3.63) is 24.3 Å². The third-order valence-electron chi connectivity index (χ3n) is 1.75. The quantitative estimate of drug-likeness (QED) is 0.642. The fraction of sp³-hybridized carbons (Fsp3) is 0.125. The number of halogens is 1. The van der Waals surface area contributed by atoms with E-state index in [1.165, 1.54) is 12.4 Å². The Morgan fingerprint density at radius 3 is 3.00 bits per heavy atom. The number of hydrogen-bond acceptors (Lipinski definition) is 2. The molecule has 0 atom stereocenters. The van der Waals surface area contributed by atoms with Crippen molar-refractivity contribution in [3.8, 4) is 5.75 Å². The lowest BCUT2D eigenvalue weighted by atomic mass is 10.3. The van der Waals surface area contributed by atoms with Gasteiger partial charge in [-0.3, -0.25) is 0 Å². The highest BCUT2D eigenvalue weighted by molar-refractivity contribution is 5.77. The van der Waals surface area contributed by atoms with Crippen LogP contribution in [0.4, 0.5) is 4.39 Å². The van der Waals surface area contributed by atoms with Gasteiger partial charge in [0.05, 0.1) is 11.8 Å². The standard InChI is InChI=1S/C8H7FN2O/c1-11-4-10-7-3-5(12)2-6(9)8(7)11/h2-4,12H,1H3. The first-order valence-electron chi connectivity index (χ1n) is 3.48. The first-order valence-corrected chi connectivity index (χ1v) is 3.48. The maximum Gasteiger partial charge on any atom is 0.152 e. The summed E-state index contributed by atoms with van der Waals surface area (Å²) in [6.07, 6.45) is 1.51. The molecule has 0 unspecified atom stereocenters. The van der Waals surface area contributed by atoms with Gasteiger partial charge in [0.25, 0.3) is 0 Å². The predicted molar refractivity (Wildman–Crippen MR) is 42.3 cm³/mol. The van der Waals surface area contributed by atoms with Gasteiger partial charge in [-0.25, -0.2) is 9.37 Å². The van der Waals surface area contributed by atoms with Crippen LogP contribution in [0.3, 0.4) is 0 Å². The van der Waals surface area contributed by atoms with Gasteiger partial charge in [-0.1, -0.05) is 0 Å². The number of nitrogens with zero attached hydrogens (tertiary/aromatic N) is 2. The molecule has 3 nitrogen and oxygen atoms in total. The molecule has 0 saturated carbocycles. The van der Waals surface area contributed by atoms with Crippen LogP contribution < -0.4 is 0 Å². The first-order chi connectivity index (χ1) is 5.68. The number of imidazole rings is 1. The van der Waals surface area contributed by atoms with E-state index in [-0.39, 0.29) is 5.75 Å². The second-order valence-corrected chi connectivity index (χ2v) is 2.65. The van der Waals surface area contributed by atoms with E-state index in [2.05, 4.69) is 4.98 Å². The fourth-order valence-corrected chi connectivity index (χ4v) is 1.22. The van der Waals surface area contributed by atoms with Gasteiger partial charge in [0, 0.05) is 19.2 Å². The van der Waals surface area contributed by atoms with Crippen molar-refractivity contribution in [2.75, 3.05) is 0 Å². The Morgan fingerprint density at radius 2 is 2.25 bits per heavy atom. The molecule has 4 heteroatoms. The van der Waals surface area contributed by atoms with Crippen LogP contribution in [0.15, 0.2) is 18.5 Å². The number of benzene rings is 1. The fourth-order valence-electron chi connectivity index (χ4n) is 1.22. The van der Waals surface area contributed by atoms with Crippen molar-refractivity contribution in [2.24, 2.45) is 7.05 Å². The van der Waals surface area contributed by atoms with Crippen molar-refractivity contribution < 1.29 is 9.50 Å². The summed E-state index contributed by atoms with van der Waals surface area (Å²) in [5, 5.41) is 9.03. The lowest BCUT2D eigenvalue weighted by Gasteiger charge is -1.96. The summed E-state index contributed by atoms with van der Waals surface area (Å²) < 4.78 is 14.7. The highest BCUT2D eigenvalue weighted by atomic mass is 19.1. The summed E-state index contributed by atoms with van der Waals surface area (Å²) in [7, 11) is 1.70. The third-order valence-corrected chi connectivity index (χ3v) is 1.75. The van der Waals surface area contributed by atoms with E-state index in [0.29, 0.717) is 11.0 Å². The van der Waals surface area contributed by atoms with Crippen molar-refractivity contribution in [1.29, 1.82) is 0 Å². The number of rotatable bonds is 0. The summed E-state index contributed by atoms with van der Waals surface area (Å²) in [5.74, 6) is -0.552. The highest BCUT2D eigenvalue weighted by Gasteiger charge is 2.06. The minimum atomic E-state index is -0.454. The number of aryl methyl sites for hydroxylation is 1. The van der Waals surface area contributed by atoms with Crippen LogP contribution in [-0.4, -0.2) is 14.7 Å². The maximum absolute atomic E-state index is 13.1. The van der Waals surface area contributed by atoms with E-state index < -0.39 is 5.82 Å². The van der Waals surface area contributed by atoms with Crippen LogP contribution in [0.2, 0.25) is 0 Å². The molecule has 0 bridgehead atoms. The van der Waals surface area contributed by atoms with Gasteiger partial charge in [0.1, 0.15) is 11.3 Å². The van der Waals surface area contributed by atoms with Crippen LogP contribution in [0.1, 0.15) is 0 Å². The van der Waals surface area contributed by atoms with Crippen molar-refractivity contribution in [3.63, 3.8) is 0 Å². The molecule has 0 aliphatic rings. The monoisotopic (exact) mass is 166 g/mol. The van der Waals surface area contributed by atoms with Gasteiger partial charge in [-0.2, -0.15) is 0 Å². The molecular formula is C8H7FN2O. The Balaban J connectivity index is 2.93. The molecule has 0 aliphatic heterocycles. The molecule has 0 radical (unpaired) electrons. The number of phenols is 1. The van der Waals surface area contributed by atoms with Gasteiger partial charge in [0.15, 0.2) is 5.82 Å². The minimum Gasteiger partial charge on any atom is -0.508 e. The Hall–Kier alpha value is -1.58. The van der Waals surface area contributed by atoms with Gasteiger partial charge < -0.3 is 9.67 Å². The molecule has 0 saturated heterocycles. The van der Waals surface area contributed by atoms with E-state index in [1.807, 2.05) is 0 Å². The summed E-state index contributed by atoms with van der Waals surface area (Å²) >= 11 is 0. The summed E-state index contributed by atoms with van der Waals surface area (Å²) in [5.41, 5.74) is 0.878. The van der Waals surface area contributed by atoms with Gasteiger partial charge in [-0.15, -0.1) is 0 Å². The smallest absolute Gasteiger partial charge is 0.152 e. The van der Waals surface area contributed by atoms with E-state index in [0.717, 1.165) is 6.07 Å². The van der Waals surface area contributed by atoms with Crippen molar-refractivity contribution in [1.82, 2.24) is 9.55 Å². The molecule has 1 aromatic heterocycles. The highest BCUT2D eigenvalue weighted by Crippen LogP contribution is 2.21. The summed E-state index contributed by atoms with van der Waals surface area (Å²) in [6.45, 7) is 0. The molecule has 62 valence electrons. The molecule has 1 heterocycles. The zero-order valence-corrected chi connectivity index (χ0v) is 6.45. The second kappa shape index (κ2) is 2.20. The van der Waals surface area contributed by atoms with Gasteiger partial charge in [0.2, 0.25) is 0 Å². The van der Waals surface area contributed by atoms with E-state index in [9.17, 15) is 4.39 Å². The Bertz CT molecular complexity index is 436. The van der Waals surface area contributed by atoms with E-state index in [4.69, 9.17) is 5.11 Å². The summed E-state index contributed by atoms with van der Waals surface area (Å²) in [6, 6.07) is 2.50. The zero-order chi connectivity index (χ0) is 8.72. The number of hydrogen-bond donors (Lipinski definition) is 1. The van der Waals surface area contributed by atoms with Crippen LogP contribution in [0.25, 0.3) is 11.0 Å². The topological polar surface area (TPSA) is 38.0 Å². The first kappa shape index (κ1) is 7.09. The number of aromatic nitrogens is 2. The molecule has 1 N–H and O–H groups in total. The molecule has 0 fully saturated rings. The summed E-state index contributed by atoms with van der Waals surface area (Å²) in [4.78, 5) is 3.90. The molecule has 0 spiro atoms. The predicted octanol–water partition coefficient (Wildman–Crippen LogP) is 1.42. The Kier molecular flexibility index (Phi) is 1.30. The van der Waals surface area contributed by atoms with Crippen LogP contribution >= 0.6 is 0 Å². The normalized spacial score (nSPS) is 10.8.